The summed E-state index contributed by atoms with van der Waals surface area (Å²) in [5, 5.41) is 0. The van der Waals surface area contributed by atoms with Crippen LogP contribution in [0, 0.1) is 5.92 Å². The molecule has 3 heteroatoms. The monoisotopic (exact) mass is 282 g/mol. The minimum absolute atomic E-state index is 0.00521. The highest BCUT2D eigenvalue weighted by molar-refractivity contribution is 5.98. The van der Waals surface area contributed by atoms with E-state index >= 15 is 0 Å². The van der Waals surface area contributed by atoms with Gasteiger partial charge in [0.1, 0.15) is 12.4 Å². The van der Waals surface area contributed by atoms with Crippen molar-refractivity contribution in [1.82, 2.24) is 0 Å². The molecular weight excluding hydrogens is 264 g/mol. The fourth-order valence-electron chi connectivity index (χ4n) is 2.46. The number of benzene rings is 2. The van der Waals surface area contributed by atoms with E-state index in [0.29, 0.717) is 25.4 Å². The first-order valence-electron chi connectivity index (χ1n) is 7.22. The molecule has 1 atom stereocenters. The standard InChI is InChI=1S/C18H18O3/c19-18(16-9-10-20-13-16)15-7-4-8-17(11-15)21-12-14-5-2-1-3-6-14/h1-8,11,16H,9-10,12-13H2. The zero-order valence-corrected chi connectivity index (χ0v) is 11.8. The Labute approximate surface area is 124 Å². The molecule has 0 N–H and O–H groups in total. The van der Waals surface area contributed by atoms with E-state index in [1.165, 1.54) is 0 Å². The molecule has 1 fully saturated rings. The van der Waals surface area contributed by atoms with Crippen LogP contribution in [-0.2, 0) is 11.3 Å². The Morgan fingerprint density at radius 1 is 1.14 bits per heavy atom. The fourth-order valence-corrected chi connectivity index (χ4v) is 2.46. The van der Waals surface area contributed by atoms with Gasteiger partial charge in [-0.3, -0.25) is 4.79 Å². The van der Waals surface area contributed by atoms with Gasteiger partial charge in [0, 0.05) is 18.1 Å². The average molecular weight is 282 g/mol. The Kier molecular flexibility index (Phi) is 4.31. The van der Waals surface area contributed by atoms with Gasteiger partial charge >= 0.3 is 0 Å². The predicted octanol–water partition coefficient (Wildman–Crippen LogP) is 3.48. The molecule has 1 unspecified atom stereocenters. The lowest BCUT2D eigenvalue weighted by atomic mass is 9.97. The molecule has 0 spiro atoms. The number of hydrogen-bond acceptors (Lipinski definition) is 3. The minimum Gasteiger partial charge on any atom is -0.489 e. The lowest BCUT2D eigenvalue weighted by Gasteiger charge is -2.10. The molecule has 1 aliphatic heterocycles. The third-order valence-electron chi connectivity index (χ3n) is 3.67. The molecule has 1 aliphatic rings. The molecule has 3 nitrogen and oxygen atoms in total. The van der Waals surface area contributed by atoms with Crippen molar-refractivity contribution in [2.24, 2.45) is 5.92 Å². The largest absolute Gasteiger partial charge is 0.489 e. The molecule has 0 saturated carbocycles. The first-order valence-corrected chi connectivity index (χ1v) is 7.22. The summed E-state index contributed by atoms with van der Waals surface area (Å²) in [5.41, 5.74) is 1.81. The van der Waals surface area contributed by atoms with Gasteiger partial charge in [-0.25, -0.2) is 0 Å². The highest BCUT2D eigenvalue weighted by atomic mass is 16.5. The lowest BCUT2D eigenvalue weighted by Crippen LogP contribution is -2.14. The Balaban J connectivity index is 1.66. The molecule has 21 heavy (non-hydrogen) atoms. The summed E-state index contributed by atoms with van der Waals surface area (Å²) in [7, 11) is 0. The fraction of sp³-hybridized carbons (Fsp3) is 0.278. The van der Waals surface area contributed by atoms with Gasteiger partial charge in [0.25, 0.3) is 0 Å². The molecule has 0 radical (unpaired) electrons. The van der Waals surface area contributed by atoms with E-state index in [-0.39, 0.29) is 11.7 Å². The third-order valence-corrected chi connectivity index (χ3v) is 3.67. The molecule has 3 rings (SSSR count). The Morgan fingerprint density at radius 2 is 2.00 bits per heavy atom. The van der Waals surface area contributed by atoms with Crippen LogP contribution >= 0.6 is 0 Å². The predicted molar refractivity (Wildman–Crippen MR) is 80.5 cm³/mol. The summed E-state index contributed by atoms with van der Waals surface area (Å²) in [4.78, 5) is 12.3. The van der Waals surface area contributed by atoms with Crippen LogP contribution in [0.5, 0.6) is 5.75 Å². The van der Waals surface area contributed by atoms with E-state index in [0.717, 1.165) is 17.7 Å². The Morgan fingerprint density at radius 3 is 2.76 bits per heavy atom. The van der Waals surface area contributed by atoms with Crippen LogP contribution < -0.4 is 4.74 Å². The van der Waals surface area contributed by atoms with Gasteiger partial charge < -0.3 is 9.47 Å². The third kappa shape index (κ3) is 3.50. The zero-order chi connectivity index (χ0) is 14.5. The maximum absolute atomic E-state index is 12.3. The highest BCUT2D eigenvalue weighted by Crippen LogP contribution is 2.22. The molecule has 0 aromatic heterocycles. The molecule has 0 aliphatic carbocycles. The number of carbonyl (C=O) groups excluding carboxylic acids is 1. The molecular formula is C18H18O3. The van der Waals surface area contributed by atoms with E-state index in [1.54, 1.807) is 0 Å². The quantitative estimate of drug-likeness (QED) is 0.788. The van der Waals surface area contributed by atoms with Crippen molar-refractivity contribution in [3.63, 3.8) is 0 Å². The second-order valence-corrected chi connectivity index (χ2v) is 5.23. The maximum atomic E-state index is 12.3. The van der Waals surface area contributed by atoms with Crippen LogP contribution in [0.25, 0.3) is 0 Å². The number of Topliss-reactive ketones (excluding diaryl/α,β-unsaturated/α-hetero) is 1. The van der Waals surface area contributed by atoms with Gasteiger partial charge in [-0.05, 0) is 24.1 Å². The first-order chi connectivity index (χ1) is 10.3. The van der Waals surface area contributed by atoms with Crippen LogP contribution in [-0.4, -0.2) is 19.0 Å². The molecule has 2 aromatic rings. The number of rotatable bonds is 5. The van der Waals surface area contributed by atoms with Crippen molar-refractivity contribution in [1.29, 1.82) is 0 Å². The molecule has 0 amide bonds. The van der Waals surface area contributed by atoms with E-state index in [9.17, 15) is 4.79 Å². The van der Waals surface area contributed by atoms with Crippen LogP contribution in [0.1, 0.15) is 22.3 Å². The van der Waals surface area contributed by atoms with Gasteiger partial charge in [0.2, 0.25) is 0 Å². The smallest absolute Gasteiger partial charge is 0.168 e. The second-order valence-electron chi connectivity index (χ2n) is 5.23. The van der Waals surface area contributed by atoms with Crippen molar-refractivity contribution in [3.8, 4) is 5.75 Å². The molecule has 1 heterocycles. The van der Waals surface area contributed by atoms with Crippen molar-refractivity contribution >= 4 is 5.78 Å². The van der Waals surface area contributed by atoms with E-state index < -0.39 is 0 Å². The van der Waals surface area contributed by atoms with Crippen molar-refractivity contribution in [2.75, 3.05) is 13.2 Å². The second kappa shape index (κ2) is 6.55. The van der Waals surface area contributed by atoms with Crippen molar-refractivity contribution < 1.29 is 14.3 Å². The van der Waals surface area contributed by atoms with Crippen LogP contribution in [0.2, 0.25) is 0 Å². The van der Waals surface area contributed by atoms with E-state index in [2.05, 4.69) is 0 Å². The molecule has 108 valence electrons. The van der Waals surface area contributed by atoms with Crippen molar-refractivity contribution in [2.45, 2.75) is 13.0 Å². The summed E-state index contributed by atoms with van der Waals surface area (Å²) in [6, 6.07) is 17.4. The zero-order valence-electron chi connectivity index (χ0n) is 11.8. The number of hydrogen-bond donors (Lipinski definition) is 0. The van der Waals surface area contributed by atoms with Gasteiger partial charge in [0.15, 0.2) is 5.78 Å². The molecule has 0 bridgehead atoms. The normalized spacial score (nSPS) is 17.6. The summed E-state index contributed by atoms with van der Waals surface area (Å²) in [6.07, 6.45) is 0.813. The summed E-state index contributed by atoms with van der Waals surface area (Å²) in [6.45, 7) is 1.72. The minimum atomic E-state index is -0.00521. The Hall–Kier alpha value is -2.13. The number of ketones is 1. The average Bonchev–Trinajstić information content (AvgIpc) is 3.08. The maximum Gasteiger partial charge on any atom is 0.168 e. The summed E-state index contributed by atoms with van der Waals surface area (Å²) in [5.74, 6) is 0.871. The van der Waals surface area contributed by atoms with Crippen molar-refractivity contribution in [3.05, 3.63) is 65.7 Å². The molecule has 1 saturated heterocycles. The molecule has 2 aromatic carbocycles. The first kappa shape index (κ1) is 13.8. The van der Waals surface area contributed by atoms with E-state index in [1.807, 2.05) is 54.6 Å². The van der Waals surface area contributed by atoms with E-state index in [4.69, 9.17) is 9.47 Å². The summed E-state index contributed by atoms with van der Waals surface area (Å²) >= 11 is 0. The summed E-state index contributed by atoms with van der Waals surface area (Å²) < 4.78 is 11.0. The Bertz CT molecular complexity index is 601. The topological polar surface area (TPSA) is 35.5 Å². The van der Waals surface area contributed by atoms with Gasteiger partial charge in [0.05, 0.1) is 6.61 Å². The van der Waals surface area contributed by atoms with Crippen LogP contribution in [0.15, 0.2) is 54.6 Å². The highest BCUT2D eigenvalue weighted by Gasteiger charge is 2.24. The van der Waals surface area contributed by atoms with Gasteiger partial charge in [-0.2, -0.15) is 0 Å². The lowest BCUT2D eigenvalue weighted by molar-refractivity contribution is 0.0900. The van der Waals surface area contributed by atoms with Gasteiger partial charge in [-0.1, -0.05) is 42.5 Å². The van der Waals surface area contributed by atoms with Crippen LogP contribution in [0.3, 0.4) is 0 Å². The SMILES string of the molecule is O=C(c1cccc(OCc2ccccc2)c1)C1CCOC1. The number of ether oxygens (including phenoxy) is 2. The van der Waals surface area contributed by atoms with Crippen LogP contribution in [0.4, 0.5) is 0 Å². The van der Waals surface area contributed by atoms with Gasteiger partial charge in [-0.15, -0.1) is 0 Å². The number of carbonyl (C=O) groups is 1.